The number of halogens is 1. The van der Waals surface area contributed by atoms with E-state index in [1.807, 2.05) is 18.3 Å². The molecule has 3 rings (SSSR count). The van der Waals surface area contributed by atoms with Crippen LogP contribution in [0, 0.1) is 0 Å². The lowest BCUT2D eigenvalue weighted by molar-refractivity contribution is 0.687. The zero-order valence-corrected chi connectivity index (χ0v) is 12.9. The molecular formula is C15H15BrN2S. The first kappa shape index (κ1) is 13.2. The van der Waals surface area contributed by atoms with Crippen LogP contribution in [0.4, 0.5) is 0 Å². The standard InChI is InChI=1S/C15H15BrN2S/c16-14-2-1-9-17-15(14)19-13-7-3-11(4-8-13)10-18-12-5-6-12/h1-4,7-9,12,18H,5-6,10H2. The molecule has 1 N–H and O–H groups in total. The molecular weight excluding hydrogens is 320 g/mol. The van der Waals surface area contributed by atoms with Crippen LogP contribution in [0.3, 0.4) is 0 Å². The molecule has 0 amide bonds. The molecule has 0 saturated heterocycles. The summed E-state index contributed by atoms with van der Waals surface area (Å²) in [7, 11) is 0. The molecule has 4 heteroatoms. The summed E-state index contributed by atoms with van der Waals surface area (Å²) in [5.41, 5.74) is 1.34. The Morgan fingerprint density at radius 1 is 1.21 bits per heavy atom. The summed E-state index contributed by atoms with van der Waals surface area (Å²) in [4.78, 5) is 5.58. The second kappa shape index (κ2) is 6.07. The molecule has 0 atom stereocenters. The van der Waals surface area contributed by atoms with Crippen molar-refractivity contribution in [3.05, 3.63) is 52.6 Å². The molecule has 1 aromatic heterocycles. The third kappa shape index (κ3) is 3.81. The van der Waals surface area contributed by atoms with Crippen molar-refractivity contribution in [2.45, 2.75) is 35.3 Å². The van der Waals surface area contributed by atoms with Crippen molar-refractivity contribution < 1.29 is 0 Å². The molecule has 2 nitrogen and oxygen atoms in total. The lowest BCUT2D eigenvalue weighted by Crippen LogP contribution is -2.14. The zero-order valence-electron chi connectivity index (χ0n) is 10.5. The number of pyridine rings is 1. The average Bonchev–Trinajstić information content (AvgIpc) is 3.25. The second-order valence-electron chi connectivity index (χ2n) is 4.69. The molecule has 1 aliphatic rings. The number of hydrogen-bond donors (Lipinski definition) is 1. The van der Waals surface area contributed by atoms with Gasteiger partial charge in [0.15, 0.2) is 0 Å². The van der Waals surface area contributed by atoms with Crippen LogP contribution in [0.25, 0.3) is 0 Å². The molecule has 0 aliphatic heterocycles. The van der Waals surface area contributed by atoms with Crippen molar-refractivity contribution in [2.24, 2.45) is 0 Å². The Hall–Kier alpha value is -0.840. The Balaban J connectivity index is 1.63. The lowest BCUT2D eigenvalue weighted by atomic mass is 10.2. The fraction of sp³-hybridized carbons (Fsp3) is 0.267. The highest BCUT2D eigenvalue weighted by Crippen LogP contribution is 2.31. The van der Waals surface area contributed by atoms with Gasteiger partial charge < -0.3 is 5.32 Å². The summed E-state index contributed by atoms with van der Waals surface area (Å²) in [5, 5.41) is 4.53. The van der Waals surface area contributed by atoms with E-state index in [9.17, 15) is 0 Å². The summed E-state index contributed by atoms with van der Waals surface area (Å²) in [6.07, 6.45) is 4.49. The maximum Gasteiger partial charge on any atom is 0.115 e. The first-order chi connectivity index (χ1) is 9.31. The minimum Gasteiger partial charge on any atom is -0.310 e. The molecule has 2 aromatic rings. The predicted octanol–water partition coefficient (Wildman–Crippen LogP) is 4.25. The molecule has 0 radical (unpaired) electrons. The van der Waals surface area contributed by atoms with Crippen LogP contribution < -0.4 is 5.32 Å². The molecule has 98 valence electrons. The highest BCUT2D eigenvalue weighted by atomic mass is 79.9. The molecule has 1 aromatic carbocycles. The van der Waals surface area contributed by atoms with Gasteiger partial charge in [-0.15, -0.1) is 0 Å². The molecule has 1 aliphatic carbocycles. The van der Waals surface area contributed by atoms with Crippen molar-refractivity contribution in [3.8, 4) is 0 Å². The van der Waals surface area contributed by atoms with Crippen molar-refractivity contribution >= 4 is 27.7 Å². The van der Waals surface area contributed by atoms with Gasteiger partial charge in [-0.05, 0) is 58.6 Å². The number of nitrogens with one attached hydrogen (secondary N) is 1. The van der Waals surface area contributed by atoms with Gasteiger partial charge in [-0.1, -0.05) is 23.9 Å². The SMILES string of the molecule is Brc1cccnc1Sc1ccc(CNC2CC2)cc1. The second-order valence-corrected chi connectivity index (χ2v) is 6.61. The van der Waals surface area contributed by atoms with Crippen molar-refractivity contribution in [1.82, 2.24) is 10.3 Å². The van der Waals surface area contributed by atoms with Crippen molar-refractivity contribution in [3.63, 3.8) is 0 Å². The average molecular weight is 335 g/mol. The number of rotatable bonds is 5. The molecule has 0 unspecified atom stereocenters. The molecule has 1 saturated carbocycles. The predicted molar refractivity (Wildman–Crippen MR) is 82.4 cm³/mol. The lowest BCUT2D eigenvalue weighted by Gasteiger charge is -2.06. The minimum absolute atomic E-state index is 0.763. The highest BCUT2D eigenvalue weighted by molar-refractivity contribution is 9.10. The normalized spacial score (nSPS) is 14.6. The van der Waals surface area contributed by atoms with E-state index in [1.54, 1.807) is 11.8 Å². The van der Waals surface area contributed by atoms with Crippen LogP contribution in [-0.4, -0.2) is 11.0 Å². The first-order valence-electron chi connectivity index (χ1n) is 6.42. The van der Waals surface area contributed by atoms with Gasteiger partial charge >= 0.3 is 0 Å². The van der Waals surface area contributed by atoms with Crippen LogP contribution >= 0.6 is 27.7 Å². The zero-order chi connectivity index (χ0) is 13.1. The van der Waals surface area contributed by atoms with E-state index in [-0.39, 0.29) is 0 Å². The van der Waals surface area contributed by atoms with Gasteiger partial charge in [0.2, 0.25) is 0 Å². The Bertz CT molecular complexity index is 552. The van der Waals surface area contributed by atoms with Crippen molar-refractivity contribution in [2.75, 3.05) is 0 Å². The summed E-state index contributed by atoms with van der Waals surface area (Å²) < 4.78 is 1.04. The maximum atomic E-state index is 4.37. The maximum absolute atomic E-state index is 4.37. The van der Waals surface area contributed by atoms with Crippen LogP contribution in [0.1, 0.15) is 18.4 Å². The Morgan fingerprint density at radius 3 is 2.68 bits per heavy atom. The van der Waals surface area contributed by atoms with Crippen molar-refractivity contribution in [1.29, 1.82) is 0 Å². The van der Waals surface area contributed by atoms with E-state index in [1.165, 1.54) is 23.3 Å². The van der Waals surface area contributed by atoms with Gasteiger partial charge in [-0.2, -0.15) is 0 Å². The van der Waals surface area contributed by atoms with Crippen LogP contribution in [-0.2, 0) is 6.54 Å². The van der Waals surface area contributed by atoms with E-state index in [0.29, 0.717) is 0 Å². The number of nitrogens with zero attached hydrogens (tertiary/aromatic N) is 1. The van der Waals surface area contributed by atoms with Gasteiger partial charge in [0.1, 0.15) is 5.03 Å². The summed E-state index contributed by atoms with van der Waals surface area (Å²) in [5.74, 6) is 0. The fourth-order valence-corrected chi connectivity index (χ4v) is 3.06. The summed E-state index contributed by atoms with van der Waals surface area (Å²) >= 11 is 5.20. The van der Waals surface area contributed by atoms with Gasteiger partial charge in [0.25, 0.3) is 0 Å². The van der Waals surface area contributed by atoms with E-state index >= 15 is 0 Å². The van der Waals surface area contributed by atoms with E-state index < -0.39 is 0 Å². The topological polar surface area (TPSA) is 24.9 Å². The van der Waals surface area contributed by atoms with E-state index in [2.05, 4.69) is 50.5 Å². The molecule has 0 bridgehead atoms. The van der Waals surface area contributed by atoms with Crippen LogP contribution in [0.5, 0.6) is 0 Å². The van der Waals surface area contributed by atoms with Gasteiger partial charge in [-0.3, -0.25) is 0 Å². The minimum atomic E-state index is 0.763. The number of aromatic nitrogens is 1. The van der Waals surface area contributed by atoms with Gasteiger partial charge in [-0.25, -0.2) is 4.98 Å². The summed E-state index contributed by atoms with van der Waals surface area (Å²) in [6.45, 7) is 0.975. The van der Waals surface area contributed by atoms with Crippen LogP contribution in [0.2, 0.25) is 0 Å². The van der Waals surface area contributed by atoms with Crippen LogP contribution in [0.15, 0.2) is 57.0 Å². The van der Waals surface area contributed by atoms with Gasteiger partial charge in [0, 0.05) is 23.7 Å². The Labute approximate surface area is 126 Å². The molecule has 19 heavy (non-hydrogen) atoms. The Morgan fingerprint density at radius 2 is 2.00 bits per heavy atom. The Kier molecular flexibility index (Phi) is 4.21. The van der Waals surface area contributed by atoms with E-state index in [4.69, 9.17) is 0 Å². The third-order valence-electron chi connectivity index (χ3n) is 3.03. The molecule has 0 spiro atoms. The smallest absolute Gasteiger partial charge is 0.115 e. The largest absolute Gasteiger partial charge is 0.310 e. The molecule has 1 heterocycles. The summed E-state index contributed by atoms with van der Waals surface area (Å²) in [6, 6.07) is 13.4. The molecule has 1 fully saturated rings. The first-order valence-corrected chi connectivity index (χ1v) is 8.03. The third-order valence-corrected chi connectivity index (χ3v) is 4.96. The fourth-order valence-electron chi connectivity index (χ4n) is 1.78. The van der Waals surface area contributed by atoms with E-state index in [0.717, 1.165) is 22.1 Å². The quantitative estimate of drug-likeness (QED) is 0.884. The monoisotopic (exact) mass is 334 g/mol. The van der Waals surface area contributed by atoms with Gasteiger partial charge in [0.05, 0.1) is 4.47 Å². The highest BCUT2D eigenvalue weighted by Gasteiger charge is 2.19. The number of hydrogen-bond acceptors (Lipinski definition) is 3. The number of benzene rings is 1.